The van der Waals surface area contributed by atoms with E-state index in [4.69, 9.17) is 15.2 Å². The molecule has 1 aromatic carbocycles. The Balaban J connectivity index is 1.43. The quantitative estimate of drug-likeness (QED) is 0.483. The van der Waals surface area contributed by atoms with Gasteiger partial charge < -0.3 is 25.4 Å². The molecule has 1 aliphatic rings. The van der Waals surface area contributed by atoms with E-state index < -0.39 is 0 Å². The average molecular weight is 425 g/mol. The summed E-state index contributed by atoms with van der Waals surface area (Å²) >= 11 is 0. The van der Waals surface area contributed by atoms with E-state index in [0.717, 1.165) is 32.0 Å². The van der Waals surface area contributed by atoms with Gasteiger partial charge in [0.2, 0.25) is 11.9 Å². The number of hydrogen-bond donors (Lipinski definition) is 3. The van der Waals surface area contributed by atoms with Crippen LogP contribution in [0.1, 0.15) is 5.82 Å². The van der Waals surface area contributed by atoms with Crippen molar-refractivity contribution in [1.82, 2.24) is 15.0 Å². The lowest BCUT2D eigenvalue weighted by Crippen LogP contribution is -3.13. The minimum absolute atomic E-state index is 0.186. The summed E-state index contributed by atoms with van der Waals surface area (Å²) in [4.78, 5) is 20.2. The van der Waals surface area contributed by atoms with Crippen molar-refractivity contribution < 1.29 is 19.4 Å². The largest absolute Gasteiger partial charge is 0.497 e. The number of methoxy groups -OCH3 is 2. The molecule has 0 aliphatic carbocycles. The van der Waals surface area contributed by atoms with Gasteiger partial charge in [0.15, 0.2) is 5.82 Å². The van der Waals surface area contributed by atoms with Crippen LogP contribution in [0.25, 0.3) is 0 Å². The zero-order valence-electron chi connectivity index (χ0n) is 17.8. The second kappa shape index (κ2) is 9.43. The van der Waals surface area contributed by atoms with Crippen molar-refractivity contribution in [3.8, 4) is 11.5 Å². The van der Waals surface area contributed by atoms with E-state index in [2.05, 4.69) is 36.2 Å². The number of pyridine rings is 1. The van der Waals surface area contributed by atoms with E-state index in [1.165, 1.54) is 4.90 Å². The highest BCUT2D eigenvalue weighted by Crippen LogP contribution is 2.30. The Bertz CT molecular complexity index is 1010. The van der Waals surface area contributed by atoms with Crippen molar-refractivity contribution >= 4 is 23.4 Å². The number of H-pyrrole nitrogens is 1. The van der Waals surface area contributed by atoms with Crippen LogP contribution < -0.4 is 35.3 Å². The van der Waals surface area contributed by atoms with E-state index in [1.54, 1.807) is 14.2 Å². The Morgan fingerprint density at radius 3 is 2.65 bits per heavy atom. The summed E-state index contributed by atoms with van der Waals surface area (Å²) in [6, 6.07) is 11.6. The monoisotopic (exact) mass is 424 g/mol. The molecule has 0 saturated carbocycles. The first-order valence-electron chi connectivity index (χ1n) is 10.2. The van der Waals surface area contributed by atoms with E-state index >= 15 is 0 Å². The summed E-state index contributed by atoms with van der Waals surface area (Å²) in [7, 11) is 3.22. The fraction of sp³-hybridized carbons (Fsp3) is 0.333. The number of nitrogens with zero attached hydrogens (tertiary/aromatic N) is 4. The van der Waals surface area contributed by atoms with Crippen LogP contribution in [0.3, 0.4) is 0 Å². The van der Waals surface area contributed by atoms with Gasteiger partial charge in [0.05, 0.1) is 26.1 Å². The molecule has 0 amide bonds. The van der Waals surface area contributed by atoms with Crippen molar-refractivity contribution in [3.63, 3.8) is 0 Å². The van der Waals surface area contributed by atoms with Gasteiger partial charge in [-0.15, -0.1) is 0 Å². The molecule has 10 nitrogen and oxygen atoms in total. The molecule has 0 atom stereocenters. The predicted molar refractivity (Wildman–Crippen MR) is 117 cm³/mol. The molecule has 5 N–H and O–H groups in total. The SMILES string of the molecule is COc1ccc(OC)c(Nc2nc(N)nc(C[NH+]3CCN(c4cccc[nH+]4)CC3)n2)c1. The molecule has 1 aliphatic heterocycles. The van der Waals surface area contributed by atoms with Crippen molar-refractivity contribution in [2.75, 3.05) is 56.3 Å². The average Bonchev–Trinajstić information content (AvgIpc) is 2.80. The normalized spacial score (nSPS) is 14.3. The Kier molecular flexibility index (Phi) is 6.27. The van der Waals surface area contributed by atoms with Crippen LogP contribution in [0, 0.1) is 0 Å². The maximum atomic E-state index is 5.96. The highest BCUT2D eigenvalue weighted by molar-refractivity contribution is 5.65. The standard InChI is InChI=1S/C21H26N8O2/c1-30-15-6-7-17(31-2)16(13-15)24-21-26-18(25-20(22)27-21)14-28-9-11-29(12-10-28)19-5-3-4-8-23-19/h3-8,13H,9-12,14H2,1-2H3,(H3,22,24,25,26,27)/p+2. The lowest BCUT2D eigenvalue weighted by molar-refractivity contribution is -0.915. The Morgan fingerprint density at radius 2 is 1.94 bits per heavy atom. The number of ether oxygens (including phenoxy) is 2. The topological polar surface area (TPSA) is 117 Å². The molecule has 1 saturated heterocycles. The number of aromatic nitrogens is 4. The highest BCUT2D eigenvalue weighted by Gasteiger charge is 2.26. The molecular formula is C21H28N8O2+2. The zero-order valence-corrected chi connectivity index (χ0v) is 17.8. The summed E-state index contributed by atoms with van der Waals surface area (Å²) in [5.74, 6) is 3.72. The van der Waals surface area contributed by atoms with E-state index in [1.807, 2.05) is 36.5 Å². The lowest BCUT2D eigenvalue weighted by atomic mass is 10.2. The molecule has 1 fully saturated rings. The Labute approximate surface area is 181 Å². The van der Waals surface area contributed by atoms with Crippen LogP contribution >= 0.6 is 0 Å². The number of rotatable bonds is 7. The van der Waals surface area contributed by atoms with E-state index in [9.17, 15) is 0 Å². The van der Waals surface area contributed by atoms with Crippen molar-refractivity contribution in [1.29, 1.82) is 0 Å². The molecule has 0 radical (unpaired) electrons. The summed E-state index contributed by atoms with van der Waals surface area (Å²) in [6.45, 7) is 4.58. The summed E-state index contributed by atoms with van der Waals surface area (Å²) in [5.41, 5.74) is 6.66. The second-order valence-electron chi connectivity index (χ2n) is 7.29. The van der Waals surface area contributed by atoms with Crippen LogP contribution in [0.15, 0.2) is 42.6 Å². The van der Waals surface area contributed by atoms with Gasteiger partial charge in [-0.3, -0.25) is 4.90 Å². The minimum atomic E-state index is 0.186. The van der Waals surface area contributed by atoms with Gasteiger partial charge in [0, 0.05) is 12.1 Å². The first kappa shape index (κ1) is 20.6. The number of hydrogen-bond acceptors (Lipinski definition) is 8. The molecule has 10 heteroatoms. The van der Waals surface area contributed by atoms with Crippen LogP contribution in [-0.2, 0) is 6.54 Å². The zero-order chi connectivity index (χ0) is 21.6. The maximum Gasteiger partial charge on any atom is 0.274 e. The van der Waals surface area contributed by atoms with Crippen LogP contribution in [0.4, 0.5) is 23.4 Å². The minimum Gasteiger partial charge on any atom is -0.497 e. The van der Waals surface area contributed by atoms with Crippen molar-refractivity contribution in [3.05, 3.63) is 48.4 Å². The molecule has 2 aromatic heterocycles. The van der Waals surface area contributed by atoms with Crippen LogP contribution in [-0.4, -0.2) is 55.4 Å². The number of benzene rings is 1. The molecular weight excluding hydrogens is 396 g/mol. The first-order valence-corrected chi connectivity index (χ1v) is 10.2. The van der Waals surface area contributed by atoms with Crippen molar-refractivity contribution in [2.45, 2.75) is 6.54 Å². The summed E-state index contributed by atoms with van der Waals surface area (Å²) < 4.78 is 10.7. The van der Waals surface area contributed by atoms with Crippen LogP contribution in [0.5, 0.6) is 11.5 Å². The summed E-state index contributed by atoms with van der Waals surface area (Å²) in [5, 5.41) is 3.18. The number of nitrogens with one attached hydrogen (secondary N) is 3. The molecule has 0 bridgehead atoms. The third-order valence-electron chi connectivity index (χ3n) is 5.26. The third kappa shape index (κ3) is 5.10. The molecule has 3 heterocycles. The smallest absolute Gasteiger partial charge is 0.274 e. The molecule has 3 aromatic rings. The predicted octanol–water partition coefficient (Wildman–Crippen LogP) is -0.0662. The van der Waals surface area contributed by atoms with Gasteiger partial charge in [-0.1, -0.05) is 6.07 Å². The number of aromatic amines is 1. The third-order valence-corrected chi connectivity index (χ3v) is 5.26. The second-order valence-corrected chi connectivity index (χ2v) is 7.29. The number of anilines is 4. The molecule has 162 valence electrons. The van der Waals surface area contributed by atoms with E-state index in [0.29, 0.717) is 35.5 Å². The number of piperazine rings is 1. The molecule has 0 unspecified atom stereocenters. The number of nitrogens with two attached hydrogens (primary N) is 1. The number of quaternary nitrogens is 1. The lowest BCUT2D eigenvalue weighted by Gasteiger charge is -2.27. The highest BCUT2D eigenvalue weighted by atomic mass is 16.5. The summed E-state index contributed by atoms with van der Waals surface area (Å²) in [6.07, 6.45) is 1.95. The van der Waals surface area contributed by atoms with Gasteiger partial charge in [-0.2, -0.15) is 15.0 Å². The Morgan fingerprint density at radius 1 is 1.10 bits per heavy atom. The van der Waals surface area contributed by atoms with Gasteiger partial charge in [-0.25, -0.2) is 4.98 Å². The molecule has 4 rings (SSSR count). The fourth-order valence-corrected chi connectivity index (χ4v) is 3.65. The number of nitrogen functional groups attached to an aromatic ring is 1. The molecule has 0 spiro atoms. The van der Waals surface area contributed by atoms with E-state index in [-0.39, 0.29) is 5.95 Å². The van der Waals surface area contributed by atoms with Crippen molar-refractivity contribution in [2.24, 2.45) is 0 Å². The van der Waals surface area contributed by atoms with Gasteiger partial charge in [0.25, 0.3) is 5.82 Å². The molecule has 31 heavy (non-hydrogen) atoms. The van der Waals surface area contributed by atoms with Gasteiger partial charge >= 0.3 is 0 Å². The first-order chi connectivity index (χ1) is 15.1. The fourth-order valence-electron chi connectivity index (χ4n) is 3.65. The van der Waals surface area contributed by atoms with Gasteiger partial charge in [-0.05, 0) is 18.2 Å². The Hall–Kier alpha value is -3.66. The maximum absolute atomic E-state index is 5.96. The van der Waals surface area contributed by atoms with Crippen LogP contribution in [0.2, 0.25) is 0 Å². The van der Waals surface area contributed by atoms with Gasteiger partial charge in [0.1, 0.15) is 44.2 Å².